The number of esters is 1. The number of ether oxygens (including phenoxy) is 3. The van der Waals surface area contributed by atoms with Gasteiger partial charge in [-0.15, -0.1) is 0 Å². The minimum Gasteiger partial charge on any atom is -0.466 e. The fraction of sp³-hybridized carbons (Fsp3) is 0.351. The van der Waals surface area contributed by atoms with E-state index in [1.807, 2.05) is 13.8 Å². The van der Waals surface area contributed by atoms with Gasteiger partial charge in [-0.1, -0.05) is 65.8 Å². The van der Waals surface area contributed by atoms with Crippen LogP contribution in [0.5, 0.6) is 0 Å². The molecular formula is C37H40N2O5. The van der Waals surface area contributed by atoms with Gasteiger partial charge in [-0.25, -0.2) is 0 Å². The number of aromatic nitrogens is 1. The third kappa shape index (κ3) is 6.23. The van der Waals surface area contributed by atoms with E-state index >= 15 is 0 Å². The molecule has 0 radical (unpaired) electrons. The lowest BCUT2D eigenvalue weighted by atomic mass is 9.91. The van der Waals surface area contributed by atoms with E-state index in [0.29, 0.717) is 13.0 Å². The molecule has 0 amide bonds. The van der Waals surface area contributed by atoms with Crippen LogP contribution in [-0.4, -0.2) is 30.6 Å². The van der Waals surface area contributed by atoms with Gasteiger partial charge >= 0.3 is 5.97 Å². The number of aryl methyl sites for hydroxylation is 2. The van der Waals surface area contributed by atoms with E-state index < -0.39 is 0 Å². The summed E-state index contributed by atoms with van der Waals surface area (Å²) in [5.41, 5.74) is 8.44. The van der Waals surface area contributed by atoms with Crippen LogP contribution in [0.3, 0.4) is 0 Å². The molecule has 0 bridgehead atoms. The Labute approximate surface area is 259 Å². The molecule has 1 aliphatic carbocycles. The van der Waals surface area contributed by atoms with Crippen LogP contribution >= 0.6 is 0 Å². The van der Waals surface area contributed by atoms with Crippen molar-refractivity contribution >= 4 is 17.3 Å². The average molecular weight is 593 g/mol. The third-order valence-electron chi connectivity index (χ3n) is 8.75. The first-order chi connectivity index (χ1) is 21.4. The molecular weight excluding hydrogens is 552 g/mol. The van der Waals surface area contributed by atoms with Gasteiger partial charge in [0.1, 0.15) is 23.4 Å². The Morgan fingerprint density at radius 2 is 1.70 bits per heavy atom. The molecule has 1 unspecified atom stereocenters. The molecule has 1 saturated carbocycles. The first-order valence-corrected chi connectivity index (χ1v) is 15.5. The first kappa shape index (κ1) is 29.5. The lowest BCUT2D eigenvalue weighted by Crippen LogP contribution is -2.29. The molecule has 0 saturated heterocycles. The Hall–Kier alpha value is -4.52. The van der Waals surface area contributed by atoms with Gasteiger partial charge < -0.3 is 23.6 Å². The molecule has 0 N–H and O–H groups in total. The fourth-order valence-corrected chi connectivity index (χ4v) is 6.14. The van der Waals surface area contributed by atoms with Crippen LogP contribution in [0.25, 0.3) is 22.5 Å². The van der Waals surface area contributed by atoms with Gasteiger partial charge in [0.25, 0.3) is 0 Å². The van der Waals surface area contributed by atoms with Crippen LogP contribution in [0.2, 0.25) is 0 Å². The molecule has 44 heavy (non-hydrogen) atoms. The summed E-state index contributed by atoms with van der Waals surface area (Å²) in [5, 5.41) is 4.43. The van der Waals surface area contributed by atoms with Crippen LogP contribution in [0.15, 0.2) is 89.3 Å². The Bertz CT molecular complexity index is 1630. The molecule has 4 aromatic rings. The van der Waals surface area contributed by atoms with Crippen molar-refractivity contribution in [2.75, 3.05) is 18.3 Å². The Morgan fingerprint density at radius 3 is 2.34 bits per heavy atom. The van der Waals surface area contributed by atoms with E-state index in [0.717, 1.165) is 71.0 Å². The van der Waals surface area contributed by atoms with Crippen LogP contribution in [0, 0.1) is 13.8 Å². The second kappa shape index (κ2) is 12.6. The quantitative estimate of drug-likeness (QED) is 0.152. The zero-order chi connectivity index (χ0) is 30.7. The van der Waals surface area contributed by atoms with Gasteiger partial charge in [-0.2, -0.15) is 0 Å². The zero-order valence-electron chi connectivity index (χ0n) is 26.0. The molecule has 0 spiro atoms. The second-order valence-electron chi connectivity index (χ2n) is 12.0. The summed E-state index contributed by atoms with van der Waals surface area (Å²) in [7, 11) is 0. The van der Waals surface area contributed by atoms with Crippen LogP contribution in [0.4, 0.5) is 11.4 Å². The number of hydrogen-bond acceptors (Lipinski definition) is 7. The van der Waals surface area contributed by atoms with Gasteiger partial charge in [0.05, 0.1) is 13.0 Å². The minimum atomic E-state index is -0.114. The van der Waals surface area contributed by atoms with Crippen LogP contribution in [0.1, 0.15) is 62.8 Å². The van der Waals surface area contributed by atoms with E-state index in [2.05, 4.69) is 96.7 Å². The minimum absolute atomic E-state index is 0.0651. The summed E-state index contributed by atoms with van der Waals surface area (Å²) in [6, 6.07) is 25.7. The van der Waals surface area contributed by atoms with Crippen molar-refractivity contribution < 1.29 is 23.5 Å². The standard InChI is InChI=1S/C37H40N2O5/c1-5-42-34(40)22-37(19-20-37)31-16-14-29(15-17-31)28-10-12-30(13-11-28)36-35(27(4)38-44-36)39(32-8-6-7-25(2)21-32)26(3)9-18-33-23-41-24-43-33/h6-8,10-17,21,23,26H,5,9,18-20,22,24H2,1-4H3. The van der Waals surface area contributed by atoms with Gasteiger partial charge in [-0.3, -0.25) is 4.79 Å². The lowest BCUT2D eigenvalue weighted by molar-refractivity contribution is -0.143. The van der Waals surface area contributed by atoms with Gasteiger partial charge in [0, 0.05) is 29.1 Å². The summed E-state index contributed by atoms with van der Waals surface area (Å²) < 4.78 is 22.1. The maximum atomic E-state index is 12.1. The molecule has 1 fully saturated rings. The third-order valence-corrected chi connectivity index (χ3v) is 8.75. The number of carbonyl (C=O) groups excluding carboxylic acids is 1. The Kier molecular flexibility index (Phi) is 8.47. The number of rotatable bonds is 12. The average Bonchev–Trinajstić information content (AvgIpc) is 3.42. The summed E-state index contributed by atoms with van der Waals surface area (Å²) in [4.78, 5) is 14.5. The SMILES string of the molecule is CCOC(=O)CC1(c2ccc(-c3ccc(-c4onc(C)c4N(c4cccc(C)c4)C(C)CCC4=COCO4)cc3)cc2)CC1. The van der Waals surface area contributed by atoms with Crippen molar-refractivity contribution in [3.63, 3.8) is 0 Å². The summed E-state index contributed by atoms with van der Waals surface area (Å²) in [5.74, 6) is 1.50. The number of benzene rings is 3. The number of allylic oxidation sites excluding steroid dienone is 1. The van der Waals surface area contributed by atoms with Crippen molar-refractivity contribution in [3.05, 3.63) is 102 Å². The van der Waals surface area contributed by atoms with E-state index in [-0.39, 0.29) is 24.2 Å². The molecule has 1 atom stereocenters. The molecule has 228 valence electrons. The van der Waals surface area contributed by atoms with Gasteiger partial charge in [-0.05, 0) is 81.3 Å². The summed E-state index contributed by atoms with van der Waals surface area (Å²) in [6.45, 7) is 8.89. The van der Waals surface area contributed by atoms with Crippen LogP contribution < -0.4 is 4.90 Å². The zero-order valence-corrected chi connectivity index (χ0v) is 26.0. The predicted molar refractivity (Wildman–Crippen MR) is 171 cm³/mol. The Morgan fingerprint density at radius 1 is 1.00 bits per heavy atom. The predicted octanol–water partition coefficient (Wildman–Crippen LogP) is 8.76. The largest absolute Gasteiger partial charge is 0.466 e. The van der Waals surface area contributed by atoms with Gasteiger partial charge in [0.2, 0.25) is 6.79 Å². The summed E-state index contributed by atoms with van der Waals surface area (Å²) in [6.07, 6.45) is 5.85. The van der Waals surface area contributed by atoms with Gasteiger partial charge in [0.15, 0.2) is 5.76 Å². The monoisotopic (exact) mass is 592 g/mol. The van der Waals surface area contributed by atoms with Crippen molar-refractivity contribution in [1.29, 1.82) is 0 Å². The lowest BCUT2D eigenvalue weighted by Gasteiger charge is -2.31. The fourth-order valence-electron chi connectivity index (χ4n) is 6.14. The van der Waals surface area contributed by atoms with Crippen molar-refractivity contribution in [3.8, 4) is 22.5 Å². The normalized spacial score (nSPS) is 15.6. The molecule has 7 nitrogen and oxygen atoms in total. The smallest absolute Gasteiger partial charge is 0.306 e. The van der Waals surface area contributed by atoms with Crippen LogP contribution in [-0.2, 0) is 24.4 Å². The summed E-state index contributed by atoms with van der Waals surface area (Å²) >= 11 is 0. The van der Waals surface area contributed by atoms with Crippen molar-refractivity contribution in [2.24, 2.45) is 0 Å². The molecule has 1 aliphatic heterocycles. The molecule has 3 aromatic carbocycles. The topological polar surface area (TPSA) is 74.0 Å². The maximum Gasteiger partial charge on any atom is 0.306 e. The highest BCUT2D eigenvalue weighted by atomic mass is 16.7. The first-order valence-electron chi connectivity index (χ1n) is 15.5. The number of carbonyl (C=O) groups is 1. The number of nitrogens with zero attached hydrogens (tertiary/aromatic N) is 2. The van der Waals surface area contributed by atoms with Crippen molar-refractivity contribution in [2.45, 2.75) is 71.3 Å². The highest BCUT2D eigenvalue weighted by molar-refractivity contribution is 5.82. The molecule has 2 aliphatic rings. The Balaban J connectivity index is 1.25. The van der Waals surface area contributed by atoms with E-state index in [4.69, 9.17) is 18.7 Å². The highest BCUT2D eigenvalue weighted by Crippen LogP contribution is 2.51. The molecule has 7 heteroatoms. The number of hydrogen-bond donors (Lipinski definition) is 0. The molecule has 6 rings (SSSR count). The van der Waals surface area contributed by atoms with E-state index in [1.165, 1.54) is 11.1 Å². The molecule has 2 heterocycles. The highest BCUT2D eigenvalue weighted by Gasteiger charge is 2.46. The second-order valence-corrected chi connectivity index (χ2v) is 12.0. The number of anilines is 2. The van der Waals surface area contributed by atoms with E-state index in [9.17, 15) is 4.79 Å². The van der Waals surface area contributed by atoms with E-state index in [1.54, 1.807) is 6.26 Å². The van der Waals surface area contributed by atoms with Crippen molar-refractivity contribution in [1.82, 2.24) is 5.16 Å². The molecule has 1 aromatic heterocycles. The maximum absolute atomic E-state index is 12.1.